The summed E-state index contributed by atoms with van der Waals surface area (Å²) >= 11 is 0. The van der Waals surface area contributed by atoms with Crippen LogP contribution in [0.4, 0.5) is 13.2 Å². The Morgan fingerprint density at radius 3 is 2.31 bits per heavy atom. The highest BCUT2D eigenvalue weighted by atomic mass is 19.2. The lowest BCUT2D eigenvalue weighted by molar-refractivity contribution is 0.341. The quantitative estimate of drug-likeness (QED) is 0.512. The first-order chi connectivity index (χ1) is 6.15. The van der Waals surface area contributed by atoms with Crippen molar-refractivity contribution in [3.8, 4) is 0 Å². The van der Waals surface area contributed by atoms with E-state index in [1.807, 2.05) is 0 Å². The largest absolute Gasteiger partial charge is 0.504 e. The van der Waals surface area contributed by atoms with Crippen LogP contribution in [0, 0.1) is 17.5 Å². The van der Waals surface area contributed by atoms with Crippen molar-refractivity contribution in [2.24, 2.45) is 0 Å². The van der Waals surface area contributed by atoms with E-state index < -0.39 is 17.5 Å². The molecule has 0 spiro atoms. The Morgan fingerprint density at radius 2 is 1.69 bits per heavy atom. The summed E-state index contributed by atoms with van der Waals surface area (Å²) in [5, 5.41) is 0. The van der Waals surface area contributed by atoms with E-state index in [1.165, 1.54) is 19.4 Å². The monoisotopic (exact) mass is 188 g/mol. The molecule has 0 radical (unpaired) electrons. The molecule has 0 atom stereocenters. The van der Waals surface area contributed by atoms with Crippen LogP contribution < -0.4 is 0 Å². The van der Waals surface area contributed by atoms with Crippen molar-refractivity contribution in [3.63, 3.8) is 0 Å². The maximum atomic E-state index is 12.8. The average Bonchev–Trinajstić information content (AvgIpc) is 2.09. The second kappa shape index (κ2) is 3.98. The standard InChI is InChI=1S/C9H7F3O/c1-13-3-2-6-4-8(11)9(12)5-7(6)10/h2-5H,1H3. The summed E-state index contributed by atoms with van der Waals surface area (Å²) in [4.78, 5) is 0. The molecule has 0 saturated carbocycles. The van der Waals surface area contributed by atoms with Gasteiger partial charge in [-0.2, -0.15) is 0 Å². The molecule has 0 heterocycles. The molecule has 1 nitrogen and oxygen atoms in total. The van der Waals surface area contributed by atoms with E-state index in [1.54, 1.807) is 0 Å². The van der Waals surface area contributed by atoms with Crippen LogP contribution in [-0.2, 0) is 4.74 Å². The fraction of sp³-hybridized carbons (Fsp3) is 0.111. The van der Waals surface area contributed by atoms with Crippen molar-refractivity contribution in [2.45, 2.75) is 0 Å². The summed E-state index contributed by atoms with van der Waals surface area (Å²) < 4.78 is 42.3. The molecule has 4 heteroatoms. The maximum Gasteiger partial charge on any atom is 0.161 e. The number of rotatable bonds is 2. The van der Waals surface area contributed by atoms with Gasteiger partial charge in [0.25, 0.3) is 0 Å². The molecule has 0 aliphatic heterocycles. The van der Waals surface area contributed by atoms with Crippen molar-refractivity contribution in [1.82, 2.24) is 0 Å². The van der Waals surface area contributed by atoms with Crippen molar-refractivity contribution in [3.05, 3.63) is 41.4 Å². The first-order valence-corrected chi connectivity index (χ1v) is 3.49. The van der Waals surface area contributed by atoms with Gasteiger partial charge in [0, 0.05) is 11.6 Å². The van der Waals surface area contributed by atoms with E-state index in [-0.39, 0.29) is 5.56 Å². The summed E-state index contributed by atoms with van der Waals surface area (Å²) in [5.41, 5.74) is -0.0549. The van der Waals surface area contributed by atoms with Crippen LogP contribution in [0.5, 0.6) is 0 Å². The van der Waals surface area contributed by atoms with E-state index in [2.05, 4.69) is 4.74 Å². The summed E-state index contributed by atoms with van der Waals surface area (Å²) in [6.45, 7) is 0. The highest BCUT2D eigenvalue weighted by molar-refractivity contribution is 5.49. The van der Waals surface area contributed by atoms with Crippen LogP contribution in [0.25, 0.3) is 6.08 Å². The molecular formula is C9H7F3O. The Balaban J connectivity index is 3.08. The van der Waals surface area contributed by atoms with Crippen molar-refractivity contribution < 1.29 is 17.9 Å². The Hall–Kier alpha value is -1.45. The molecule has 0 amide bonds. The first kappa shape index (κ1) is 9.64. The minimum atomic E-state index is -1.20. The maximum absolute atomic E-state index is 12.8. The zero-order chi connectivity index (χ0) is 9.84. The van der Waals surface area contributed by atoms with E-state index >= 15 is 0 Å². The van der Waals surface area contributed by atoms with E-state index in [9.17, 15) is 13.2 Å². The van der Waals surface area contributed by atoms with Crippen molar-refractivity contribution in [2.75, 3.05) is 7.11 Å². The Labute approximate surface area is 73.4 Å². The van der Waals surface area contributed by atoms with Gasteiger partial charge in [0.05, 0.1) is 13.4 Å². The number of halogens is 3. The molecule has 0 aliphatic carbocycles. The average molecular weight is 188 g/mol. The van der Waals surface area contributed by atoms with Gasteiger partial charge in [-0.05, 0) is 12.1 Å². The summed E-state index contributed by atoms with van der Waals surface area (Å²) in [7, 11) is 1.37. The van der Waals surface area contributed by atoms with E-state index in [0.29, 0.717) is 6.07 Å². The number of methoxy groups -OCH3 is 1. The van der Waals surface area contributed by atoms with Gasteiger partial charge < -0.3 is 4.74 Å². The van der Waals surface area contributed by atoms with Gasteiger partial charge in [-0.15, -0.1) is 0 Å². The van der Waals surface area contributed by atoms with Crippen molar-refractivity contribution >= 4 is 6.08 Å². The predicted molar refractivity (Wildman–Crippen MR) is 42.4 cm³/mol. The van der Waals surface area contributed by atoms with Gasteiger partial charge in [0.15, 0.2) is 11.6 Å². The predicted octanol–water partition coefficient (Wildman–Crippen LogP) is 2.72. The van der Waals surface area contributed by atoms with Crippen LogP contribution >= 0.6 is 0 Å². The number of benzene rings is 1. The van der Waals surface area contributed by atoms with Crippen LogP contribution in [-0.4, -0.2) is 7.11 Å². The van der Waals surface area contributed by atoms with E-state index in [0.717, 1.165) is 6.07 Å². The Kier molecular flexibility index (Phi) is 2.95. The summed E-state index contributed by atoms with van der Waals surface area (Å²) in [6.07, 6.45) is 2.38. The van der Waals surface area contributed by atoms with Crippen LogP contribution in [0.2, 0.25) is 0 Å². The normalized spacial score (nSPS) is 10.8. The van der Waals surface area contributed by atoms with Gasteiger partial charge in [0.2, 0.25) is 0 Å². The fourth-order valence-electron chi connectivity index (χ4n) is 0.807. The van der Waals surface area contributed by atoms with Crippen LogP contribution in [0.1, 0.15) is 5.56 Å². The molecule has 1 rings (SSSR count). The molecule has 0 aromatic heterocycles. The van der Waals surface area contributed by atoms with Gasteiger partial charge in [0.1, 0.15) is 5.82 Å². The molecule has 70 valence electrons. The summed E-state index contributed by atoms with van der Waals surface area (Å²) in [5.74, 6) is -3.11. The zero-order valence-corrected chi connectivity index (χ0v) is 6.85. The fourth-order valence-corrected chi connectivity index (χ4v) is 0.807. The smallest absolute Gasteiger partial charge is 0.161 e. The summed E-state index contributed by atoms with van der Waals surface area (Å²) in [6, 6.07) is 1.25. The van der Waals surface area contributed by atoms with Gasteiger partial charge >= 0.3 is 0 Å². The Morgan fingerprint density at radius 1 is 1.08 bits per heavy atom. The molecule has 0 unspecified atom stereocenters. The molecular weight excluding hydrogens is 181 g/mol. The van der Waals surface area contributed by atoms with Crippen molar-refractivity contribution in [1.29, 1.82) is 0 Å². The van der Waals surface area contributed by atoms with E-state index in [4.69, 9.17) is 0 Å². The number of hydrogen-bond donors (Lipinski definition) is 0. The Bertz CT molecular complexity index is 334. The second-order valence-electron chi connectivity index (χ2n) is 2.33. The van der Waals surface area contributed by atoms with Gasteiger partial charge in [-0.25, -0.2) is 13.2 Å². The number of ether oxygens (including phenoxy) is 1. The molecule has 1 aromatic rings. The van der Waals surface area contributed by atoms with Crippen LogP contribution in [0.15, 0.2) is 18.4 Å². The molecule has 13 heavy (non-hydrogen) atoms. The molecule has 0 aliphatic rings. The molecule has 0 fully saturated rings. The molecule has 0 saturated heterocycles. The lowest BCUT2D eigenvalue weighted by Crippen LogP contribution is -1.90. The minimum Gasteiger partial charge on any atom is -0.504 e. The van der Waals surface area contributed by atoms with Gasteiger partial charge in [-0.3, -0.25) is 0 Å². The zero-order valence-electron chi connectivity index (χ0n) is 6.85. The second-order valence-corrected chi connectivity index (χ2v) is 2.33. The third-order valence-corrected chi connectivity index (χ3v) is 1.42. The third kappa shape index (κ3) is 2.24. The van der Waals surface area contributed by atoms with Crippen LogP contribution in [0.3, 0.4) is 0 Å². The SMILES string of the molecule is COC=Cc1cc(F)c(F)cc1F. The van der Waals surface area contributed by atoms with Gasteiger partial charge in [-0.1, -0.05) is 0 Å². The third-order valence-electron chi connectivity index (χ3n) is 1.42. The highest BCUT2D eigenvalue weighted by Crippen LogP contribution is 2.14. The number of hydrogen-bond acceptors (Lipinski definition) is 1. The first-order valence-electron chi connectivity index (χ1n) is 3.49. The lowest BCUT2D eigenvalue weighted by atomic mass is 10.2. The lowest BCUT2D eigenvalue weighted by Gasteiger charge is -1.98. The molecule has 0 N–H and O–H groups in total. The highest BCUT2D eigenvalue weighted by Gasteiger charge is 2.06. The molecule has 0 bridgehead atoms. The minimum absolute atomic E-state index is 0.0549. The topological polar surface area (TPSA) is 9.23 Å². The molecule has 1 aromatic carbocycles.